The second-order valence-electron chi connectivity index (χ2n) is 7.73. The zero-order valence-corrected chi connectivity index (χ0v) is 16.7. The van der Waals surface area contributed by atoms with Gasteiger partial charge in [-0.2, -0.15) is 0 Å². The summed E-state index contributed by atoms with van der Waals surface area (Å²) in [5, 5.41) is 40.1. The maximum atomic E-state index is 10.5. The third kappa shape index (κ3) is 4.05. The quantitative estimate of drug-likeness (QED) is 0.513. The van der Waals surface area contributed by atoms with Crippen LogP contribution < -0.4 is 4.74 Å². The first-order chi connectivity index (χ1) is 14.5. The SMILES string of the molecule is COc1cc(Cc2cc3cccccc-3c2)cc(C2O[C@H](CO)[C@@H](O)[C@H](O)[C@H]2O)c1. The highest BCUT2D eigenvalue weighted by molar-refractivity contribution is 5.68. The van der Waals surface area contributed by atoms with Crippen LogP contribution in [0.4, 0.5) is 0 Å². The standard InChI is InChI=1S/C24H26O6/c1-29-19-11-15(7-14-8-16-5-3-2-4-6-17(16)9-14)10-18(12-19)24-23(28)22(27)21(26)20(13-25)30-24/h2-6,8-12,20-28H,7,13H2,1H3/t20-,21-,22+,23-,24?/m1/s1. The van der Waals surface area contributed by atoms with Crippen molar-refractivity contribution in [3.8, 4) is 16.9 Å². The number of hydrogen-bond donors (Lipinski definition) is 4. The van der Waals surface area contributed by atoms with Crippen LogP contribution in [-0.2, 0) is 11.2 Å². The molecule has 30 heavy (non-hydrogen) atoms. The minimum absolute atomic E-state index is 0.462. The van der Waals surface area contributed by atoms with E-state index in [4.69, 9.17) is 9.47 Å². The van der Waals surface area contributed by atoms with E-state index in [1.807, 2.05) is 30.3 Å². The van der Waals surface area contributed by atoms with Gasteiger partial charge in [-0.1, -0.05) is 48.5 Å². The highest BCUT2D eigenvalue weighted by Crippen LogP contribution is 2.35. The van der Waals surface area contributed by atoms with Gasteiger partial charge in [-0.25, -0.2) is 0 Å². The third-order valence-electron chi connectivity index (χ3n) is 5.64. The monoisotopic (exact) mass is 410 g/mol. The molecule has 1 heterocycles. The van der Waals surface area contributed by atoms with Crippen molar-refractivity contribution < 1.29 is 29.9 Å². The Labute approximate surface area is 175 Å². The van der Waals surface area contributed by atoms with Gasteiger partial charge in [0.15, 0.2) is 0 Å². The normalized spacial score (nSPS) is 26.6. The molecule has 1 saturated heterocycles. The molecule has 0 aromatic heterocycles. The van der Waals surface area contributed by atoms with Gasteiger partial charge in [0, 0.05) is 0 Å². The van der Waals surface area contributed by atoms with E-state index >= 15 is 0 Å². The molecule has 1 unspecified atom stereocenters. The van der Waals surface area contributed by atoms with Crippen LogP contribution in [0.1, 0.15) is 22.8 Å². The topological polar surface area (TPSA) is 99.4 Å². The van der Waals surface area contributed by atoms with Gasteiger partial charge in [0.1, 0.15) is 36.3 Å². The maximum Gasteiger partial charge on any atom is 0.119 e. The molecule has 1 aliphatic heterocycles. The van der Waals surface area contributed by atoms with Gasteiger partial charge in [0.2, 0.25) is 0 Å². The molecule has 1 aromatic rings. The van der Waals surface area contributed by atoms with E-state index in [2.05, 4.69) is 24.3 Å². The molecule has 6 nitrogen and oxygen atoms in total. The van der Waals surface area contributed by atoms with Crippen molar-refractivity contribution in [1.82, 2.24) is 0 Å². The van der Waals surface area contributed by atoms with Gasteiger partial charge in [-0.05, 0) is 46.4 Å². The lowest BCUT2D eigenvalue weighted by Gasteiger charge is -2.40. The summed E-state index contributed by atoms with van der Waals surface area (Å²) in [4.78, 5) is 0. The number of fused-ring (bicyclic) bond motifs is 1. The molecular weight excluding hydrogens is 384 g/mol. The Morgan fingerprint density at radius 3 is 2.13 bits per heavy atom. The van der Waals surface area contributed by atoms with Crippen molar-refractivity contribution >= 4 is 0 Å². The van der Waals surface area contributed by atoms with Crippen molar-refractivity contribution in [1.29, 1.82) is 0 Å². The summed E-state index contributed by atoms with van der Waals surface area (Å²) < 4.78 is 11.1. The Balaban J connectivity index is 1.66. The van der Waals surface area contributed by atoms with Crippen LogP contribution in [0.5, 0.6) is 5.75 Å². The number of ether oxygens (including phenoxy) is 2. The van der Waals surface area contributed by atoms with E-state index in [-0.39, 0.29) is 0 Å². The molecule has 0 radical (unpaired) electrons. The molecule has 0 amide bonds. The van der Waals surface area contributed by atoms with Crippen molar-refractivity contribution in [2.24, 2.45) is 0 Å². The summed E-state index contributed by atoms with van der Waals surface area (Å²) in [6, 6.07) is 20.0. The molecule has 1 aromatic carbocycles. The van der Waals surface area contributed by atoms with Crippen LogP contribution in [0.25, 0.3) is 11.1 Å². The summed E-state index contributed by atoms with van der Waals surface area (Å²) in [5.41, 5.74) is 5.04. The van der Waals surface area contributed by atoms with Crippen LogP contribution in [0.2, 0.25) is 0 Å². The predicted molar refractivity (Wildman–Crippen MR) is 112 cm³/mol. The van der Waals surface area contributed by atoms with Gasteiger partial charge in [0.25, 0.3) is 0 Å². The molecule has 0 saturated carbocycles. The van der Waals surface area contributed by atoms with E-state index in [1.54, 1.807) is 13.2 Å². The van der Waals surface area contributed by atoms with E-state index in [0.29, 0.717) is 17.7 Å². The molecule has 0 spiro atoms. The minimum Gasteiger partial charge on any atom is -0.497 e. The number of aliphatic hydroxyl groups excluding tert-OH is 4. The maximum absolute atomic E-state index is 10.5. The minimum atomic E-state index is -1.42. The number of hydrogen-bond acceptors (Lipinski definition) is 6. The first-order valence-corrected chi connectivity index (χ1v) is 9.96. The Morgan fingerprint density at radius 2 is 1.50 bits per heavy atom. The molecule has 4 rings (SSSR count). The first kappa shape index (κ1) is 20.8. The summed E-state index contributed by atoms with van der Waals surface area (Å²) in [6.45, 7) is -0.462. The first-order valence-electron chi connectivity index (χ1n) is 9.96. The molecule has 2 aliphatic carbocycles. The summed E-state index contributed by atoms with van der Waals surface area (Å²) >= 11 is 0. The van der Waals surface area contributed by atoms with Crippen LogP contribution >= 0.6 is 0 Å². The average molecular weight is 410 g/mol. The van der Waals surface area contributed by atoms with Gasteiger partial charge >= 0.3 is 0 Å². The van der Waals surface area contributed by atoms with Crippen LogP contribution in [0.3, 0.4) is 0 Å². The highest BCUT2D eigenvalue weighted by Gasteiger charge is 2.44. The average Bonchev–Trinajstić information content (AvgIpc) is 2.99. The number of rotatable bonds is 5. The van der Waals surface area contributed by atoms with E-state index in [1.165, 1.54) is 0 Å². The van der Waals surface area contributed by atoms with Crippen molar-refractivity contribution in [2.45, 2.75) is 36.9 Å². The van der Waals surface area contributed by atoms with Crippen LogP contribution in [-0.4, -0.2) is 58.6 Å². The van der Waals surface area contributed by atoms with E-state index in [9.17, 15) is 20.4 Å². The Morgan fingerprint density at radius 1 is 0.833 bits per heavy atom. The summed E-state index contributed by atoms with van der Waals surface area (Å²) in [6.07, 6.45) is -5.33. The van der Waals surface area contributed by atoms with Crippen molar-refractivity contribution in [2.75, 3.05) is 13.7 Å². The lowest BCUT2D eigenvalue weighted by Crippen LogP contribution is -2.55. The second-order valence-corrected chi connectivity index (χ2v) is 7.73. The summed E-state index contributed by atoms with van der Waals surface area (Å²) in [5.74, 6) is 0.599. The number of aliphatic hydroxyl groups is 4. The second kappa shape index (κ2) is 8.71. The van der Waals surface area contributed by atoms with E-state index in [0.717, 1.165) is 22.3 Å². The molecule has 4 N–H and O–H groups in total. The molecule has 3 aliphatic rings. The largest absolute Gasteiger partial charge is 0.497 e. The molecule has 5 atom stereocenters. The number of methoxy groups -OCH3 is 1. The molecule has 6 heteroatoms. The van der Waals surface area contributed by atoms with E-state index < -0.39 is 37.1 Å². The Kier molecular flexibility index (Phi) is 6.04. The Bertz CT molecular complexity index is 941. The smallest absolute Gasteiger partial charge is 0.119 e. The summed E-state index contributed by atoms with van der Waals surface area (Å²) in [7, 11) is 1.56. The molecule has 1 fully saturated rings. The predicted octanol–water partition coefficient (Wildman–Crippen LogP) is 1.91. The van der Waals surface area contributed by atoms with Crippen LogP contribution in [0.15, 0.2) is 60.7 Å². The zero-order valence-electron chi connectivity index (χ0n) is 16.7. The molecular formula is C24H26O6. The lowest BCUT2D eigenvalue weighted by atomic mass is 9.90. The Hall–Kier alpha value is -2.48. The fraction of sp³-hybridized carbons (Fsp3) is 0.333. The van der Waals surface area contributed by atoms with Crippen molar-refractivity contribution in [3.63, 3.8) is 0 Å². The number of benzene rings is 1. The van der Waals surface area contributed by atoms with Gasteiger partial charge in [0.05, 0.1) is 13.7 Å². The fourth-order valence-electron chi connectivity index (χ4n) is 4.06. The lowest BCUT2D eigenvalue weighted by molar-refractivity contribution is -0.231. The zero-order chi connectivity index (χ0) is 21.3. The van der Waals surface area contributed by atoms with Gasteiger partial charge in [-0.15, -0.1) is 0 Å². The van der Waals surface area contributed by atoms with Gasteiger partial charge < -0.3 is 29.9 Å². The highest BCUT2D eigenvalue weighted by atomic mass is 16.5. The third-order valence-corrected chi connectivity index (χ3v) is 5.64. The van der Waals surface area contributed by atoms with Gasteiger partial charge in [-0.3, -0.25) is 0 Å². The van der Waals surface area contributed by atoms with Crippen molar-refractivity contribution in [3.05, 3.63) is 77.4 Å². The van der Waals surface area contributed by atoms with Crippen LogP contribution in [0, 0.1) is 0 Å². The molecule has 158 valence electrons. The fourth-order valence-corrected chi connectivity index (χ4v) is 4.06. The molecule has 0 bridgehead atoms.